The Labute approximate surface area is 102 Å². The smallest absolute Gasteiger partial charge is 0.255 e. The van der Waals surface area contributed by atoms with E-state index in [0.717, 1.165) is 6.42 Å². The molecule has 0 saturated carbocycles. The first-order valence-electron chi connectivity index (χ1n) is 5.68. The van der Waals surface area contributed by atoms with Crippen LogP contribution in [0.15, 0.2) is 24.5 Å². The molecule has 0 aliphatic heterocycles. The van der Waals surface area contributed by atoms with E-state index in [1.807, 2.05) is 0 Å². The van der Waals surface area contributed by atoms with E-state index in [0.29, 0.717) is 31.8 Å². The van der Waals surface area contributed by atoms with E-state index < -0.39 is 0 Å². The fraction of sp³-hybridized carbons (Fsp3) is 0.500. The number of carbonyl (C=O) groups excluding carboxylic acids is 1. The molecule has 0 saturated heterocycles. The Bertz CT molecular complexity index is 322. The maximum absolute atomic E-state index is 12.1. The summed E-state index contributed by atoms with van der Waals surface area (Å²) in [6, 6.07) is 3.52. The van der Waals surface area contributed by atoms with Gasteiger partial charge in [0.05, 0.1) is 12.2 Å². The van der Waals surface area contributed by atoms with E-state index in [-0.39, 0.29) is 5.91 Å². The van der Waals surface area contributed by atoms with Crippen LogP contribution in [0.25, 0.3) is 0 Å². The lowest BCUT2D eigenvalue weighted by atomic mass is 10.2. The molecule has 0 spiro atoms. The highest BCUT2D eigenvalue weighted by Crippen LogP contribution is 2.03. The van der Waals surface area contributed by atoms with Gasteiger partial charge in [0.25, 0.3) is 5.91 Å². The minimum absolute atomic E-state index is 0.0244. The van der Waals surface area contributed by atoms with Crippen molar-refractivity contribution in [3.05, 3.63) is 30.1 Å². The highest BCUT2D eigenvalue weighted by atomic mass is 16.5. The van der Waals surface area contributed by atoms with Crippen molar-refractivity contribution < 1.29 is 9.53 Å². The van der Waals surface area contributed by atoms with Gasteiger partial charge in [-0.2, -0.15) is 0 Å². The highest BCUT2D eigenvalue weighted by Gasteiger charge is 2.14. The maximum atomic E-state index is 12.1. The normalized spacial score (nSPS) is 10.2. The van der Waals surface area contributed by atoms with Crippen LogP contribution in [0.4, 0.5) is 0 Å². The molecule has 5 heteroatoms. The predicted molar refractivity (Wildman–Crippen MR) is 65.7 cm³/mol. The topological polar surface area (TPSA) is 68.5 Å². The Morgan fingerprint density at radius 2 is 2.35 bits per heavy atom. The van der Waals surface area contributed by atoms with E-state index in [2.05, 4.69) is 4.98 Å². The van der Waals surface area contributed by atoms with Gasteiger partial charge < -0.3 is 15.4 Å². The summed E-state index contributed by atoms with van der Waals surface area (Å²) in [6.07, 6.45) is 4.01. The van der Waals surface area contributed by atoms with E-state index in [4.69, 9.17) is 10.5 Å². The Hall–Kier alpha value is -1.46. The molecule has 5 nitrogen and oxygen atoms in total. The van der Waals surface area contributed by atoms with Gasteiger partial charge in [-0.05, 0) is 25.1 Å². The van der Waals surface area contributed by atoms with E-state index in [9.17, 15) is 4.79 Å². The third-order valence-electron chi connectivity index (χ3n) is 2.39. The third kappa shape index (κ3) is 4.50. The molecule has 1 amide bonds. The fourth-order valence-electron chi connectivity index (χ4n) is 1.47. The molecule has 0 aliphatic rings. The first-order valence-corrected chi connectivity index (χ1v) is 5.68. The average Bonchev–Trinajstić information content (AvgIpc) is 2.39. The van der Waals surface area contributed by atoms with Gasteiger partial charge in [0.1, 0.15) is 0 Å². The van der Waals surface area contributed by atoms with Crippen molar-refractivity contribution in [3.8, 4) is 0 Å². The van der Waals surface area contributed by atoms with Gasteiger partial charge in [0.2, 0.25) is 0 Å². The zero-order chi connectivity index (χ0) is 12.5. The summed E-state index contributed by atoms with van der Waals surface area (Å²) in [5.41, 5.74) is 6.06. The highest BCUT2D eigenvalue weighted by molar-refractivity contribution is 5.93. The number of nitrogens with two attached hydrogens (primary N) is 1. The number of aromatic nitrogens is 1. The van der Waals surface area contributed by atoms with Gasteiger partial charge in [-0.1, -0.05) is 0 Å². The third-order valence-corrected chi connectivity index (χ3v) is 2.39. The Kier molecular flexibility index (Phi) is 6.21. The van der Waals surface area contributed by atoms with Gasteiger partial charge in [-0.15, -0.1) is 0 Å². The summed E-state index contributed by atoms with van der Waals surface area (Å²) in [4.78, 5) is 17.8. The Morgan fingerprint density at radius 1 is 1.53 bits per heavy atom. The van der Waals surface area contributed by atoms with Gasteiger partial charge in [0, 0.05) is 32.6 Å². The van der Waals surface area contributed by atoms with Crippen LogP contribution < -0.4 is 5.73 Å². The lowest BCUT2D eigenvalue weighted by Gasteiger charge is -2.22. The molecule has 0 unspecified atom stereocenters. The molecule has 0 fully saturated rings. The van der Waals surface area contributed by atoms with Crippen molar-refractivity contribution in [2.75, 3.05) is 33.4 Å². The monoisotopic (exact) mass is 237 g/mol. The zero-order valence-corrected chi connectivity index (χ0v) is 10.1. The molecule has 2 N–H and O–H groups in total. The Morgan fingerprint density at radius 3 is 2.94 bits per heavy atom. The van der Waals surface area contributed by atoms with Gasteiger partial charge >= 0.3 is 0 Å². The minimum Gasteiger partial charge on any atom is -0.383 e. The number of hydrogen-bond acceptors (Lipinski definition) is 4. The number of rotatable bonds is 7. The van der Waals surface area contributed by atoms with Crippen molar-refractivity contribution in [2.45, 2.75) is 6.42 Å². The number of nitrogens with zero attached hydrogens (tertiary/aromatic N) is 2. The van der Waals surface area contributed by atoms with Crippen LogP contribution >= 0.6 is 0 Å². The number of carbonyl (C=O) groups is 1. The fourth-order valence-corrected chi connectivity index (χ4v) is 1.47. The van der Waals surface area contributed by atoms with Gasteiger partial charge in [-0.25, -0.2) is 0 Å². The molecular weight excluding hydrogens is 218 g/mol. The minimum atomic E-state index is -0.0244. The van der Waals surface area contributed by atoms with Crippen LogP contribution in [0, 0.1) is 0 Å². The molecule has 17 heavy (non-hydrogen) atoms. The van der Waals surface area contributed by atoms with E-state index in [1.165, 1.54) is 0 Å². The largest absolute Gasteiger partial charge is 0.383 e. The second kappa shape index (κ2) is 7.76. The van der Waals surface area contributed by atoms with Crippen molar-refractivity contribution in [2.24, 2.45) is 5.73 Å². The van der Waals surface area contributed by atoms with Crippen molar-refractivity contribution in [1.82, 2.24) is 9.88 Å². The maximum Gasteiger partial charge on any atom is 0.255 e. The number of hydrogen-bond donors (Lipinski definition) is 1. The summed E-state index contributed by atoms with van der Waals surface area (Å²) in [6.45, 7) is 2.32. The standard InChI is InChI=1S/C12H19N3O2/c1-17-9-8-15(7-3-5-13)12(16)11-4-2-6-14-10-11/h2,4,6,10H,3,5,7-9,13H2,1H3. The second-order valence-electron chi connectivity index (χ2n) is 3.67. The summed E-state index contributed by atoms with van der Waals surface area (Å²) >= 11 is 0. The first-order chi connectivity index (χ1) is 8.29. The number of pyridine rings is 1. The van der Waals surface area contributed by atoms with Crippen molar-refractivity contribution in [3.63, 3.8) is 0 Å². The van der Waals surface area contributed by atoms with Crippen LogP contribution in [0.5, 0.6) is 0 Å². The van der Waals surface area contributed by atoms with E-state index >= 15 is 0 Å². The Balaban J connectivity index is 2.64. The molecule has 1 aromatic heterocycles. The number of methoxy groups -OCH3 is 1. The van der Waals surface area contributed by atoms with Crippen molar-refractivity contribution >= 4 is 5.91 Å². The molecule has 94 valence electrons. The zero-order valence-electron chi connectivity index (χ0n) is 10.1. The lowest BCUT2D eigenvalue weighted by Crippen LogP contribution is -2.35. The second-order valence-corrected chi connectivity index (χ2v) is 3.67. The molecule has 1 rings (SSSR count). The number of amides is 1. The molecule has 0 aromatic carbocycles. The molecule has 0 bridgehead atoms. The molecule has 0 radical (unpaired) electrons. The molecule has 1 aromatic rings. The van der Waals surface area contributed by atoms with Gasteiger partial charge in [-0.3, -0.25) is 9.78 Å². The summed E-state index contributed by atoms with van der Waals surface area (Å²) in [5, 5.41) is 0. The van der Waals surface area contributed by atoms with Crippen LogP contribution in [0.3, 0.4) is 0 Å². The first kappa shape index (κ1) is 13.6. The lowest BCUT2D eigenvalue weighted by molar-refractivity contribution is 0.0694. The number of ether oxygens (including phenoxy) is 1. The van der Waals surface area contributed by atoms with Crippen LogP contribution in [0.1, 0.15) is 16.8 Å². The van der Waals surface area contributed by atoms with E-state index in [1.54, 1.807) is 36.5 Å². The van der Waals surface area contributed by atoms with Crippen LogP contribution in [-0.4, -0.2) is 49.1 Å². The summed E-state index contributed by atoms with van der Waals surface area (Å²) < 4.78 is 5.00. The SMILES string of the molecule is COCCN(CCCN)C(=O)c1cccnc1. The quantitative estimate of drug-likeness (QED) is 0.750. The van der Waals surface area contributed by atoms with Crippen LogP contribution in [-0.2, 0) is 4.74 Å². The van der Waals surface area contributed by atoms with Crippen LogP contribution in [0.2, 0.25) is 0 Å². The molecule has 0 aliphatic carbocycles. The summed E-state index contributed by atoms with van der Waals surface area (Å²) in [7, 11) is 1.62. The average molecular weight is 237 g/mol. The molecular formula is C12H19N3O2. The van der Waals surface area contributed by atoms with Gasteiger partial charge in [0.15, 0.2) is 0 Å². The van der Waals surface area contributed by atoms with Crippen molar-refractivity contribution in [1.29, 1.82) is 0 Å². The summed E-state index contributed by atoms with van der Waals surface area (Å²) in [5.74, 6) is -0.0244. The molecule has 1 heterocycles. The predicted octanol–water partition coefficient (Wildman–Crippen LogP) is 0.519. The molecule has 0 atom stereocenters.